The van der Waals surface area contributed by atoms with Crippen molar-refractivity contribution in [3.63, 3.8) is 0 Å². The van der Waals surface area contributed by atoms with Gasteiger partial charge in [-0.1, -0.05) is 0 Å². The summed E-state index contributed by atoms with van der Waals surface area (Å²) in [4.78, 5) is 32.2. The van der Waals surface area contributed by atoms with Crippen LogP contribution in [0, 0.1) is 5.92 Å². The summed E-state index contributed by atoms with van der Waals surface area (Å²) in [6.07, 6.45) is -1.68. The van der Waals surface area contributed by atoms with Crippen molar-refractivity contribution < 1.29 is 24.6 Å². The van der Waals surface area contributed by atoms with Gasteiger partial charge in [-0.25, -0.2) is 0 Å². The molecular formula is C8H13NO5. The number of rotatable bonds is 5. The van der Waals surface area contributed by atoms with Gasteiger partial charge in [-0.2, -0.15) is 0 Å². The summed E-state index contributed by atoms with van der Waals surface area (Å²) >= 11 is 0. The first-order valence-electron chi connectivity index (χ1n) is 3.96. The number of nitrogens with two attached hydrogens (primary N) is 1. The van der Waals surface area contributed by atoms with Crippen LogP contribution in [0.3, 0.4) is 0 Å². The molecule has 0 rings (SSSR count). The van der Waals surface area contributed by atoms with Crippen molar-refractivity contribution in [2.24, 2.45) is 11.7 Å². The van der Waals surface area contributed by atoms with Crippen molar-refractivity contribution in [2.45, 2.75) is 26.0 Å². The Balaban J connectivity index is 4.77. The molecule has 0 aromatic carbocycles. The number of carboxylic acid groups (broad SMARTS) is 1. The molecule has 0 bridgehead atoms. The maximum Gasteiger partial charge on any atom is 0.323 e. The van der Waals surface area contributed by atoms with Crippen LogP contribution in [0.25, 0.3) is 0 Å². The predicted molar refractivity (Wildman–Crippen MR) is 46.5 cm³/mol. The minimum atomic E-state index is -1.68. The Labute approximate surface area is 80.7 Å². The molecule has 0 radical (unpaired) electrons. The van der Waals surface area contributed by atoms with Gasteiger partial charge in [0.15, 0.2) is 0 Å². The molecule has 0 saturated carbocycles. The Bertz CT molecular complexity index is 248. The van der Waals surface area contributed by atoms with Gasteiger partial charge in [-0.3, -0.25) is 14.4 Å². The second kappa shape index (κ2) is 4.83. The molecule has 6 heteroatoms. The molecule has 4 N–H and O–H groups in total. The van der Waals surface area contributed by atoms with Crippen LogP contribution in [0.5, 0.6) is 0 Å². The third-order valence-corrected chi connectivity index (χ3v) is 1.87. The van der Waals surface area contributed by atoms with Gasteiger partial charge in [0.05, 0.1) is 6.10 Å². The number of ketones is 2. The summed E-state index contributed by atoms with van der Waals surface area (Å²) in [5.74, 6) is -4.01. The van der Waals surface area contributed by atoms with E-state index < -0.39 is 35.6 Å². The number of aliphatic hydroxyl groups excluding tert-OH is 1. The molecule has 0 heterocycles. The first-order chi connectivity index (χ1) is 6.29. The fourth-order valence-electron chi connectivity index (χ4n) is 1.12. The second-order valence-electron chi connectivity index (χ2n) is 3.05. The van der Waals surface area contributed by atoms with E-state index in [1.165, 1.54) is 0 Å². The Morgan fingerprint density at radius 1 is 1.14 bits per heavy atom. The molecule has 14 heavy (non-hydrogen) atoms. The summed E-state index contributed by atoms with van der Waals surface area (Å²) in [7, 11) is 0. The number of hydrogen-bond donors (Lipinski definition) is 3. The van der Waals surface area contributed by atoms with Crippen molar-refractivity contribution in [2.75, 3.05) is 0 Å². The number of carbonyl (C=O) groups excluding carboxylic acids is 2. The van der Waals surface area contributed by atoms with Crippen LogP contribution in [-0.4, -0.2) is 39.9 Å². The fraction of sp³-hybridized carbons (Fsp3) is 0.625. The standard InChI is InChI=1S/C8H13NO5/c1-3(10)5(4(2)11)7(12)6(9)8(13)14/h5-7,12H,9H2,1-2H3,(H,13,14)/t6-,7+/m0/s1. The summed E-state index contributed by atoms with van der Waals surface area (Å²) in [6.45, 7) is 2.20. The molecule has 0 aliphatic heterocycles. The second-order valence-corrected chi connectivity index (χ2v) is 3.05. The minimum Gasteiger partial charge on any atom is -0.480 e. The van der Waals surface area contributed by atoms with Crippen molar-refractivity contribution in [3.05, 3.63) is 0 Å². The molecule has 0 aliphatic rings. The number of aliphatic carboxylic acids is 1. The Kier molecular flexibility index (Phi) is 4.39. The lowest BCUT2D eigenvalue weighted by Gasteiger charge is -2.20. The van der Waals surface area contributed by atoms with E-state index in [2.05, 4.69) is 0 Å². The van der Waals surface area contributed by atoms with Crippen molar-refractivity contribution in [1.29, 1.82) is 0 Å². The first kappa shape index (κ1) is 12.7. The molecule has 0 saturated heterocycles. The van der Waals surface area contributed by atoms with E-state index >= 15 is 0 Å². The molecule has 80 valence electrons. The average molecular weight is 203 g/mol. The topological polar surface area (TPSA) is 118 Å². The van der Waals surface area contributed by atoms with Gasteiger partial charge in [-0.05, 0) is 13.8 Å². The summed E-state index contributed by atoms with van der Waals surface area (Å²) < 4.78 is 0. The van der Waals surface area contributed by atoms with E-state index in [9.17, 15) is 19.5 Å². The highest BCUT2D eigenvalue weighted by Gasteiger charge is 2.35. The Hall–Kier alpha value is -1.27. The molecule has 6 nitrogen and oxygen atoms in total. The summed E-state index contributed by atoms with van der Waals surface area (Å²) in [5, 5.41) is 17.8. The highest BCUT2D eigenvalue weighted by Crippen LogP contribution is 2.10. The van der Waals surface area contributed by atoms with E-state index in [4.69, 9.17) is 10.8 Å². The Morgan fingerprint density at radius 2 is 1.50 bits per heavy atom. The average Bonchev–Trinajstić information content (AvgIpc) is 2.01. The maximum absolute atomic E-state index is 10.9. The molecule has 0 fully saturated rings. The third-order valence-electron chi connectivity index (χ3n) is 1.87. The minimum absolute atomic E-state index is 0.596. The van der Waals surface area contributed by atoms with Crippen LogP contribution in [0.1, 0.15) is 13.8 Å². The van der Waals surface area contributed by atoms with Crippen LogP contribution in [0.4, 0.5) is 0 Å². The molecule has 0 unspecified atom stereocenters. The zero-order valence-corrected chi connectivity index (χ0v) is 7.93. The SMILES string of the molecule is CC(=O)C(C(C)=O)[C@@H](O)[C@H](N)C(=O)O. The molecule has 0 aliphatic carbocycles. The van der Waals surface area contributed by atoms with E-state index in [0.29, 0.717) is 0 Å². The van der Waals surface area contributed by atoms with Gasteiger partial charge in [0.25, 0.3) is 0 Å². The molecule has 0 amide bonds. The number of aliphatic hydroxyl groups is 1. The Morgan fingerprint density at radius 3 is 1.71 bits per heavy atom. The van der Waals surface area contributed by atoms with Gasteiger partial charge in [-0.15, -0.1) is 0 Å². The van der Waals surface area contributed by atoms with Gasteiger partial charge in [0.2, 0.25) is 0 Å². The van der Waals surface area contributed by atoms with Crippen molar-refractivity contribution >= 4 is 17.5 Å². The summed E-state index contributed by atoms with van der Waals surface area (Å²) in [6, 6.07) is -1.63. The number of carboxylic acids is 1. The zero-order valence-electron chi connectivity index (χ0n) is 7.93. The highest BCUT2D eigenvalue weighted by molar-refractivity contribution is 6.01. The molecule has 2 atom stereocenters. The lowest BCUT2D eigenvalue weighted by molar-refractivity contribution is -0.144. The lowest BCUT2D eigenvalue weighted by atomic mass is 9.90. The van der Waals surface area contributed by atoms with Gasteiger partial charge < -0.3 is 15.9 Å². The van der Waals surface area contributed by atoms with E-state index in [-0.39, 0.29) is 0 Å². The predicted octanol–water partition coefficient (Wildman–Crippen LogP) is -1.45. The van der Waals surface area contributed by atoms with E-state index in [0.717, 1.165) is 13.8 Å². The largest absolute Gasteiger partial charge is 0.480 e. The molecule has 0 aromatic heterocycles. The number of carbonyl (C=O) groups is 3. The molecular weight excluding hydrogens is 190 g/mol. The first-order valence-corrected chi connectivity index (χ1v) is 3.96. The van der Waals surface area contributed by atoms with Crippen LogP contribution in [0.2, 0.25) is 0 Å². The number of hydrogen-bond acceptors (Lipinski definition) is 5. The summed E-state index contributed by atoms with van der Waals surface area (Å²) in [5.41, 5.74) is 5.08. The monoisotopic (exact) mass is 203 g/mol. The smallest absolute Gasteiger partial charge is 0.323 e. The highest BCUT2D eigenvalue weighted by atomic mass is 16.4. The van der Waals surface area contributed by atoms with Crippen molar-refractivity contribution in [1.82, 2.24) is 0 Å². The van der Waals surface area contributed by atoms with Gasteiger partial charge in [0.1, 0.15) is 23.5 Å². The van der Waals surface area contributed by atoms with Gasteiger partial charge >= 0.3 is 5.97 Å². The van der Waals surface area contributed by atoms with Crippen LogP contribution in [0.15, 0.2) is 0 Å². The van der Waals surface area contributed by atoms with Gasteiger partial charge in [0, 0.05) is 0 Å². The molecule has 0 spiro atoms. The quantitative estimate of drug-likeness (QED) is 0.470. The number of Topliss-reactive ketones (excluding diaryl/α,β-unsaturated/α-hetero) is 2. The fourth-order valence-corrected chi connectivity index (χ4v) is 1.12. The maximum atomic E-state index is 10.9. The molecule has 0 aromatic rings. The van der Waals surface area contributed by atoms with Crippen molar-refractivity contribution in [3.8, 4) is 0 Å². The van der Waals surface area contributed by atoms with Crippen LogP contribution < -0.4 is 5.73 Å². The normalized spacial score (nSPS) is 14.9. The zero-order chi connectivity index (χ0) is 11.5. The lowest BCUT2D eigenvalue weighted by Crippen LogP contribution is -2.49. The van der Waals surface area contributed by atoms with E-state index in [1.807, 2.05) is 0 Å². The third kappa shape index (κ3) is 2.90. The van der Waals surface area contributed by atoms with Crippen LogP contribution >= 0.6 is 0 Å². The van der Waals surface area contributed by atoms with Crippen LogP contribution in [-0.2, 0) is 14.4 Å². The van der Waals surface area contributed by atoms with E-state index in [1.54, 1.807) is 0 Å².